The highest BCUT2D eigenvalue weighted by Crippen LogP contribution is 2.23. The lowest BCUT2D eigenvalue weighted by molar-refractivity contribution is 0.181. The second-order valence-corrected chi connectivity index (χ2v) is 5.89. The van der Waals surface area contributed by atoms with E-state index in [2.05, 4.69) is 26.3 Å². The summed E-state index contributed by atoms with van der Waals surface area (Å²) in [6.07, 6.45) is 6.06. The molecule has 2 rings (SSSR count). The van der Waals surface area contributed by atoms with Crippen molar-refractivity contribution in [2.75, 3.05) is 19.0 Å². The first-order valence-corrected chi connectivity index (χ1v) is 7.69. The van der Waals surface area contributed by atoms with Crippen LogP contribution in [0.4, 0.5) is 5.69 Å². The van der Waals surface area contributed by atoms with Gasteiger partial charge in [0, 0.05) is 19.2 Å². The molecule has 1 fully saturated rings. The van der Waals surface area contributed by atoms with Crippen LogP contribution in [0.25, 0.3) is 0 Å². The Morgan fingerprint density at radius 1 is 1.55 bits per heavy atom. The molecule has 1 aliphatic rings. The Bertz CT molecular complexity index is 506. The van der Waals surface area contributed by atoms with E-state index in [4.69, 9.17) is 10.5 Å². The van der Waals surface area contributed by atoms with E-state index in [1.165, 1.54) is 17.5 Å². The molecule has 2 atom stereocenters. The maximum absolute atomic E-state index is 12.1. The Morgan fingerprint density at radius 3 is 3.00 bits per heavy atom. The molecule has 1 aliphatic carbocycles. The maximum Gasteiger partial charge on any atom is 0.283 e. The number of anilines is 1. The van der Waals surface area contributed by atoms with E-state index in [0.717, 1.165) is 12.8 Å². The van der Waals surface area contributed by atoms with Gasteiger partial charge in [0.1, 0.15) is 4.47 Å². The van der Waals surface area contributed by atoms with Crippen LogP contribution in [-0.4, -0.2) is 35.6 Å². The molecule has 1 heterocycles. The molecule has 0 saturated heterocycles. The van der Waals surface area contributed by atoms with Gasteiger partial charge in [-0.2, -0.15) is 5.10 Å². The number of methoxy groups -OCH3 is 1. The lowest BCUT2D eigenvalue weighted by Crippen LogP contribution is -2.43. The zero-order valence-electron chi connectivity index (χ0n) is 11.6. The maximum atomic E-state index is 12.1. The normalized spacial score (nSPS) is 22.8. The van der Waals surface area contributed by atoms with E-state index in [1.807, 2.05) is 0 Å². The number of rotatable bonds is 5. The van der Waals surface area contributed by atoms with E-state index < -0.39 is 0 Å². The molecular weight excluding hydrogens is 324 g/mol. The van der Waals surface area contributed by atoms with Gasteiger partial charge in [-0.25, -0.2) is 4.68 Å². The van der Waals surface area contributed by atoms with Gasteiger partial charge in [-0.05, 0) is 28.8 Å². The Morgan fingerprint density at radius 2 is 2.30 bits per heavy atom. The van der Waals surface area contributed by atoms with Crippen molar-refractivity contribution in [3.05, 3.63) is 21.0 Å². The van der Waals surface area contributed by atoms with Gasteiger partial charge in [-0.1, -0.05) is 12.8 Å². The third-order valence-corrected chi connectivity index (χ3v) is 4.42. The highest BCUT2D eigenvalue weighted by atomic mass is 79.9. The predicted octanol–water partition coefficient (Wildman–Crippen LogP) is 1.33. The third kappa shape index (κ3) is 3.59. The molecule has 0 unspecified atom stereocenters. The Hall–Kier alpha value is -0.920. The van der Waals surface area contributed by atoms with Crippen LogP contribution in [-0.2, 0) is 11.3 Å². The molecule has 3 N–H and O–H groups in total. The summed E-state index contributed by atoms with van der Waals surface area (Å²) in [5.74, 6) is 0. The molecule has 0 radical (unpaired) electrons. The standard InChI is InChI=1S/C13H21BrN4O2/c1-20-7-6-18-13(19)12(14)11(8-16-18)17-10-5-3-2-4-9(10)15/h8-10,17H,2-7,15H2,1H3/t9-,10-/m1/s1. The van der Waals surface area contributed by atoms with Gasteiger partial charge >= 0.3 is 0 Å². The average molecular weight is 345 g/mol. The van der Waals surface area contributed by atoms with E-state index in [9.17, 15) is 4.79 Å². The Kier molecular flexibility index (Phi) is 5.56. The monoisotopic (exact) mass is 344 g/mol. The summed E-state index contributed by atoms with van der Waals surface area (Å²) in [4.78, 5) is 12.1. The van der Waals surface area contributed by atoms with Crippen molar-refractivity contribution in [3.8, 4) is 0 Å². The smallest absolute Gasteiger partial charge is 0.283 e. The van der Waals surface area contributed by atoms with Crippen molar-refractivity contribution in [1.29, 1.82) is 0 Å². The summed E-state index contributed by atoms with van der Waals surface area (Å²) in [7, 11) is 1.60. The minimum Gasteiger partial charge on any atom is -0.383 e. The SMILES string of the molecule is COCCn1ncc(N[C@@H]2CCCC[C@H]2N)c(Br)c1=O. The number of halogens is 1. The average Bonchev–Trinajstić information content (AvgIpc) is 2.45. The van der Waals surface area contributed by atoms with Gasteiger partial charge in [-0.3, -0.25) is 4.79 Å². The predicted molar refractivity (Wildman–Crippen MR) is 81.9 cm³/mol. The summed E-state index contributed by atoms with van der Waals surface area (Å²) < 4.78 is 6.85. The van der Waals surface area contributed by atoms with Crippen molar-refractivity contribution in [1.82, 2.24) is 9.78 Å². The molecule has 1 aromatic rings. The first kappa shape index (κ1) is 15.5. The second kappa shape index (κ2) is 7.19. The lowest BCUT2D eigenvalue weighted by Gasteiger charge is -2.30. The van der Waals surface area contributed by atoms with Crippen molar-refractivity contribution in [2.45, 2.75) is 44.3 Å². The minimum absolute atomic E-state index is 0.131. The minimum atomic E-state index is -0.156. The van der Waals surface area contributed by atoms with Gasteiger partial charge in [-0.15, -0.1) is 0 Å². The van der Waals surface area contributed by atoms with E-state index in [0.29, 0.717) is 23.3 Å². The summed E-state index contributed by atoms with van der Waals surface area (Å²) >= 11 is 3.35. The zero-order chi connectivity index (χ0) is 14.5. The van der Waals surface area contributed by atoms with Crippen LogP contribution >= 0.6 is 15.9 Å². The largest absolute Gasteiger partial charge is 0.383 e. The van der Waals surface area contributed by atoms with Crippen LogP contribution in [0.2, 0.25) is 0 Å². The van der Waals surface area contributed by atoms with E-state index in [-0.39, 0.29) is 17.6 Å². The fraction of sp³-hybridized carbons (Fsp3) is 0.692. The molecule has 0 bridgehead atoms. The number of hydrogen-bond donors (Lipinski definition) is 2. The molecule has 112 valence electrons. The highest BCUT2D eigenvalue weighted by Gasteiger charge is 2.22. The molecule has 0 aromatic carbocycles. The van der Waals surface area contributed by atoms with Gasteiger partial charge in [0.2, 0.25) is 0 Å². The first-order valence-electron chi connectivity index (χ1n) is 6.90. The van der Waals surface area contributed by atoms with Crippen LogP contribution in [0.15, 0.2) is 15.5 Å². The molecule has 20 heavy (non-hydrogen) atoms. The fourth-order valence-corrected chi connectivity index (χ4v) is 2.86. The molecule has 0 aliphatic heterocycles. The highest BCUT2D eigenvalue weighted by molar-refractivity contribution is 9.10. The summed E-state index contributed by atoms with van der Waals surface area (Å²) in [6, 6.07) is 0.336. The number of ether oxygens (including phenoxy) is 1. The van der Waals surface area contributed by atoms with Crippen molar-refractivity contribution in [3.63, 3.8) is 0 Å². The number of nitrogens with one attached hydrogen (secondary N) is 1. The Labute approximate surface area is 126 Å². The molecule has 1 saturated carbocycles. The van der Waals surface area contributed by atoms with Crippen LogP contribution in [0.1, 0.15) is 25.7 Å². The van der Waals surface area contributed by atoms with Gasteiger partial charge in [0.15, 0.2) is 0 Å². The van der Waals surface area contributed by atoms with Crippen molar-refractivity contribution in [2.24, 2.45) is 5.73 Å². The zero-order valence-corrected chi connectivity index (χ0v) is 13.2. The third-order valence-electron chi connectivity index (χ3n) is 3.65. The summed E-state index contributed by atoms with van der Waals surface area (Å²) in [5, 5.41) is 7.50. The molecule has 0 amide bonds. The quantitative estimate of drug-likeness (QED) is 0.842. The van der Waals surface area contributed by atoms with Crippen LogP contribution in [0.3, 0.4) is 0 Å². The fourth-order valence-electron chi connectivity index (χ4n) is 2.44. The number of nitrogens with two attached hydrogens (primary N) is 1. The molecule has 1 aromatic heterocycles. The van der Waals surface area contributed by atoms with Crippen LogP contribution < -0.4 is 16.6 Å². The molecule has 0 spiro atoms. The second-order valence-electron chi connectivity index (χ2n) is 5.09. The van der Waals surface area contributed by atoms with Crippen molar-refractivity contribution < 1.29 is 4.74 Å². The van der Waals surface area contributed by atoms with Gasteiger partial charge < -0.3 is 15.8 Å². The van der Waals surface area contributed by atoms with Crippen LogP contribution in [0, 0.1) is 0 Å². The number of nitrogens with zero attached hydrogens (tertiary/aromatic N) is 2. The van der Waals surface area contributed by atoms with E-state index in [1.54, 1.807) is 13.3 Å². The molecular formula is C13H21BrN4O2. The number of aromatic nitrogens is 2. The number of hydrogen-bond acceptors (Lipinski definition) is 5. The Balaban J connectivity index is 2.12. The summed E-state index contributed by atoms with van der Waals surface area (Å²) in [5.41, 5.74) is 6.67. The van der Waals surface area contributed by atoms with Gasteiger partial charge in [0.25, 0.3) is 5.56 Å². The van der Waals surface area contributed by atoms with Crippen LogP contribution in [0.5, 0.6) is 0 Å². The lowest BCUT2D eigenvalue weighted by atomic mass is 9.91. The van der Waals surface area contributed by atoms with Gasteiger partial charge in [0.05, 0.1) is 25.0 Å². The first-order chi connectivity index (χ1) is 9.63. The van der Waals surface area contributed by atoms with Crippen molar-refractivity contribution >= 4 is 21.6 Å². The molecule has 6 nitrogen and oxygen atoms in total. The molecule has 7 heteroatoms. The topological polar surface area (TPSA) is 82.2 Å². The van der Waals surface area contributed by atoms with E-state index >= 15 is 0 Å². The summed E-state index contributed by atoms with van der Waals surface area (Å²) in [6.45, 7) is 0.900.